The second-order valence-electron chi connectivity index (χ2n) is 11.1. The molecule has 0 bridgehead atoms. The van der Waals surface area contributed by atoms with Crippen LogP contribution in [-0.4, -0.2) is 61.4 Å². The van der Waals surface area contributed by atoms with E-state index in [1.165, 1.54) is 0 Å². The highest BCUT2D eigenvalue weighted by Gasteiger charge is 2.21. The molecule has 2 aliphatic rings. The summed E-state index contributed by atoms with van der Waals surface area (Å²) in [4.78, 5) is 24.5. The smallest absolute Gasteiger partial charge is 0.276 e. The summed E-state index contributed by atoms with van der Waals surface area (Å²) in [6.07, 6.45) is 4.13. The number of nitrogens with one attached hydrogen (secondary N) is 3. The molecule has 12 heteroatoms. The molecular formula is C32H30Cl2N8O2. The van der Waals surface area contributed by atoms with E-state index >= 15 is 0 Å². The molecule has 10 nitrogen and oxygen atoms in total. The maximum Gasteiger partial charge on any atom is 0.276 e. The van der Waals surface area contributed by atoms with Crippen molar-refractivity contribution >= 4 is 57.2 Å². The van der Waals surface area contributed by atoms with E-state index in [-0.39, 0.29) is 12.0 Å². The van der Waals surface area contributed by atoms with E-state index in [1.807, 2.05) is 47.3 Å². The average Bonchev–Trinajstić information content (AvgIpc) is 3.65. The Hall–Kier alpha value is -4.06. The van der Waals surface area contributed by atoms with E-state index in [0.717, 1.165) is 54.8 Å². The molecule has 2 aromatic carbocycles. The van der Waals surface area contributed by atoms with Crippen LogP contribution in [0.15, 0.2) is 67.0 Å². The lowest BCUT2D eigenvalue weighted by Gasteiger charge is -2.16. The molecule has 1 saturated heterocycles. The molecule has 3 aromatic heterocycles. The topological polar surface area (TPSA) is 120 Å². The summed E-state index contributed by atoms with van der Waals surface area (Å²) in [5.74, 6) is 0.248. The lowest BCUT2D eigenvalue weighted by Crippen LogP contribution is -2.28. The zero-order chi connectivity index (χ0) is 30.2. The van der Waals surface area contributed by atoms with Gasteiger partial charge in [-0.25, -0.2) is 4.98 Å². The van der Waals surface area contributed by atoms with E-state index in [9.17, 15) is 9.90 Å². The molecule has 1 fully saturated rings. The molecule has 7 rings (SSSR count). The number of halogens is 2. The van der Waals surface area contributed by atoms with Crippen molar-refractivity contribution in [1.82, 2.24) is 30.0 Å². The van der Waals surface area contributed by atoms with Gasteiger partial charge in [-0.05, 0) is 42.3 Å². The highest BCUT2D eigenvalue weighted by molar-refractivity contribution is 6.39. The number of carbonyl (C=O) groups is 1. The third kappa shape index (κ3) is 5.74. The number of aliphatic hydroxyl groups excluding tert-OH is 1. The van der Waals surface area contributed by atoms with Crippen LogP contribution in [0.3, 0.4) is 0 Å². The molecule has 44 heavy (non-hydrogen) atoms. The number of amides is 1. The Labute approximate surface area is 264 Å². The van der Waals surface area contributed by atoms with E-state index in [0.29, 0.717) is 57.1 Å². The Morgan fingerprint density at radius 3 is 2.59 bits per heavy atom. The highest BCUT2D eigenvalue weighted by Crippen LogP contribution is 2.41. The minimum absolute atomic E-state index is 0.259. The molecule has 1 atom stereocenters. The number of anilines is 3. The van der Waals surface area contributed by atoms with Gasteiger partial charge in [-0.3, -0.25) is 19.4 Å². The van der Waals surface area contributed by atoms with Crippen LogP contribution in [-0.2, 0) is 19.6 Å². The Kier molecular flexibility index (Phi) is 7.92. The molecule has 5 aromatic rings. The molecule has 0 aliphatic carbocycles. The number of aliphatic hydroxyl groups is 1. The number of pyridine rings is 2. The maximum absolute atomic E-state index is 13.1. The molecule has 1 amide bonds. The Balaban J connectivity index is 1.13. The minimum atomic E-state index is -0.330. The highest BCUT2D eigenvalue weighted by atomic mass is 35.5. The van der Waals surface area contributed by atoms with Crippen molar-refractivity contribution < 1.29 is 9.90 Å². The van der Waals surface area contributed by atoms with E-state index in [2.05, 4.69) is 37.0 Å². The Bertz CT molecular complexity index is 1850. The number of aromatic nitrogens is 4. The molecule has 224 valence electrons. The van der Waals surface area contributed by atoms with Gasteiger partial charge in [-0.15, -0.1) is 0 Å². The largest absolute Gasteiger partial charge is 0.392 e. The molecule has 4 N–H and O–H groups in total. The summed E-state index contributed by atoms with van der Waals surface area (Å²) in [5, 5.41) is 25.6. The SMILES string of the molecule is O=C(Nc1cccc(-c2cccc(Nc3nccc4cc(CN5CC[C@@H](O)C5)cnc34)c2Cl)c1Cl)c1cc2n(n1)CCNC2. The second-order valence-corrected chi connectivity index (χ2v) is 11.8. The quantitative estimate of drug-likeness (QED) is 0.187. The number of rotatable bonds is 7. The first-order valence-electron chi connectivity index (χ1n) is 14.5. The van der Waals surface area contributed by atoms with Gasteiger partial charge in [0.1, 0.15) is 5.52 Å². The molecule has 0 spiro atoms. The third-order valence-corrected chi connectivity index (χ3v) is 8.82. The number of likely N-dealkylation sites (tertiary alicyclic amines) is 1. The Morgan fingerprint density at radius 2 is 1.82 bits per heavy atom. The van der Waals surface area contributed by atoms with Crippen LogP contribution in [0.5, 0.6) is 0 Å². The Morgan fingerprint density at radius 1 is 1.02 bits per heavy atom. The minimum Gasteiger partial charge on any atom is -0.392 e. The number of carbonyl (C=O) groups excluding carboxylic acids is 1. The van der Waals surface area contributed by atoms with Gasteiger partial charge in [0.15, 0.2) is 11.5 Å². The van der Waals surface area contributed by atoms with Crippen LogP contribution < -0.4 is 16.0 Å². The van der Waals surface area contributed by atoms with Crippen LogP contribution in [0.1, 0.15) is 28.2 Å². The van der Waals surface area contributed by atoms with Crippen LogP contribution in [0.4, 0.5) is 17.2 Å². The summed E-state index contributed by atoms with van der Waals surface area (Å²) >= 11 is 13.8. The normalized spacial score (nSPS) is 16.7. The van der Waals surface area contributed by atoms with Crippen molar-refractivity contribution in [1.29, 1.82) is 0 Å². The second kappa shape index (κ2) is 12.1. The monoisotopic (exact) mass is 628 g/mol. The van der Waals surface area contributed by atoms with Crippen molar-refractivity contribution in [3.8, 4) is 11.1 Å². The zero-order valence-corrected chi connectivity index (χ0v) is 25.2. The van der Waals surface area contributed by atoms with Crippen molar-refractivity contribution in [2.24, 2.45) is 0 Å². The fourth-order valence-electron chi connectivity index (χ4n) is 5.79. The molecule has 0 saturated carbocycles. The van der Waals surface area contributed by atoms with Gasteiger partial charge in [0, 0.05) is 61.6 Å². The summed E-state index contributed by atoms with van der Waals surface area (Å²) in [7, 11) is 0. The van der Waals surface area contributed by atoms with Crippen molar-refractivity contribution in [2.75, 3.05) is 30.3 Å². The first-order valence-corrected chi connectivity index (χ1v) is 15.3. The van der Waals surface area contributed by atoms with Crippen molar-refractivity contribution in [3.05, 3.63) is 94.0 Å². The third-order valence-electron chi connectivity index (χ3n) is 8.00. The van der Waals surface area contributed by atoms with Gasteiger partial charge in [0.05, 0.1) is 39.8 Å². The van der Waals surface area contributed by atoms with Gasteiger partial charge in [0.25, 0.3) is 5.91 Å². The number of benzene rings is 2. The summed E-state index contributed by atoms with van der Waals surface area (Å²) in [5.41, 5.74) is 5.59. The number of fused-ring (bicyclic) bond motifs is 2. The molecule has 5 heterocycles. The summed E-state index contributed by atoms with van der Waals surface area (Å²) in [6.45, 7) is 4.51. The molecular weight excluding hydrogens is 599 g/mol. The number of nitrogens with zero attached hydrogens (tertiary/aromatic N) is 5. The first-order chi connectivity index (χ1) is 21.4. The molecule has 2 aliphatic heterocycles. The number of β-amino-alcohol motifs (C(OH)–C–C–N with tert-alkyl or cyclic N) is 1. The van der Waals surface area contributed by atoms with Crippen molar-refractivity contribution in [2.45, 2.75) is 32.2 Å². The number of hydrogen-bond donors (Lipinski definition) is 4. The van der Waals surface area contributed by atoms with Gasteiger partial charge in [-0.2, -0.15) is 5.10 Å². The van der Waals surface area contributed by atoms with Crippen molar-refractivity contribution in [3.63, 3.8) is 0 Å². The maximum atomic E-state index is 13.1. The summed E-state index contributed by atoms with van der Waals surface area (Å²) < 4.78 is 1.85. The van der Waals surface area contributed by atoms with Crippen LogP contribution in [0, 0.1) is 0 Å². The predicted octanol–water partition coefficient (Wildman–Crippen LogP) is 5.47. The zero-order valence-electron chi connectivity index (χ0n) is 23.7. The van der Waals surface area contributed by atoms with Gasteiger partial charge in [0.2, 0.25) is 0 Å². The number of hydrogen-bond acceptors (Lipinski definition) is 8. The average molecular weight is 630 g/mol. The van der Waals surface area contributed by atoms with Crippen LogP contribution in [0.2, 0.25) is 10.0 Å². The van der Waals surface area contributed by atoms with E-state index < -0.39 is 0 Å². The molecule has 0 unspecified atom stereocenters. The lowest BCUT2D eigenvalue weighted by molar-refractivity contribution is 0.102. The lowest BCUT2D eigenvalue weighted by atomic mass is 10.0. The fourth-order valence-corrected chi connectivity index (χ4v) is 6.34. The first kappa shape index (κ1) is 28.7. The van der Waals surface area contributed by atoms with Gasteiger partial charge < -0.3 is 21.1 Å². The standard InChI is InChI=1S/C32H30Cl2N8O2/c33-28-23(24-4-2-6-26(29(24)34)39-32(44)27-14-21-16-35-10-12-42(21)40-27)3-1-5-25(28)38-31-30-20(7-9-36-31)13-19(15-37-30)17-41-11-8-22(43)18-41/h1-7,9,13-15,22,35,43H,8,10-12,16-18H2,(H,36,38)(H,39,44)/t22-/m1/s1. The van der Waals surface area contributed by atoms with E-state index in [1.54, 1.807) is 18.3 Å². The van der Waals surface area contributed by atoms with E-state index in [4.69, 9.17) is 28.2 Å². The van der Waals surface area contributed by atoms with Gasteiger partial charge in [-0.1, -0.05) is 47.5 Å². The fraction of sp³-hybridized carbons (Fsp3) is 0.250. The van der Waals surface area contributed by atoms with Crippen LogP contribution in [0.25, 0.3) is 22.0 Å². The van der Waals surface area contributed by atoms with Crippen LogP contribution >= 0.6 is 23.2 Å². The molecule has 0 radical (unpaired) electrons. The predicted molar refractivity (Wildman–Crippen MR) is 173 cm³/mol. The van der Waals surface area contributed by atoms with Gasteiger partial charge >= 0.3 is 0 Å². The summed E-state index contributed by atoms with van der Waals surface area (Å²) in [6, 6.07) is 16.9.